The quantitative estimate of drug-likeness (QED) is 0.734. The van der Waals surface area contributed by atoms with Crippen molar-refractivity contribution in [2.24, 2.45) is 4.99 Å². The molecule has 0 saturated carbocycles. The molecule has 0 saturated heterocycles. The van der Waals surface area contributed by atoms with Crippen molar-refractivity contribution in [3.63, 3.8) is 0 Å². The van der Waals surface area contributed by atoms with Crippen molar-refractivity contribution in [1.29, 1.82) is 0 Å². The average Bonchev–Trinajstić information content (AvgIpc) is 2.55. The molecule has 0 aromatic heterocycles. The molecule has 2 amide bonds. The zero-order valence-electron chi connectivity index (χ0n) is 12.4. The van der Waals surface area contributed by atoms with E-state index in [0.29, 0.717) is 5.56 Å². The number of aliphatic imine (C=N–C) groups is 1. The highest BCUT2D eigenvalue weighted by atomic mass is 79.9. The Balaban J connectivity index is 1.78. The molecule has 2 aromatic rings. The van der Waals surface area contributed by atoms with Gasteiger partial charge in [-0.1, -0.05) is 44.0 Å². The minimum absolute atomic E-state index is 0.173. The maximum absolute atomic E-state index is 12.3. The fourth-order valence-corrected chi connectivity index (χ4v) is 2.84. The first kappa shape index (κ1) is 16.9. The van der Waals surface area contributed by atoms with E-state index in [-0.39, 0.29) is 30.2 Å². The number of carbonyl (C=O) groups excluding carboxylic acids is 2. The van der Waals surface area contributed by atoms with Crippen LogP contribution in [0.4, 0.5) is 0 Å². The molecule has 1 heterocycles. The number of benzene rings is 2. The molecule has 24 heavy (non-hydrogen) atoms. The molecule has 122 valence electrons. The van der Waals surface area contributed by atoms with Crippen LogP contribution in [0, 0.1) is 0 Å². The first-order valence-corrected chi connectivity index (χ1v) is 8.80. The molecule has 0 aliphatic carbocycles. The van der Waals surface area contributed by atoms with E-state index in [1.807, 2.05) is 24.3 Å². The Labute approximate surface area is 155 Å². The maximum Gasteiger partial charge on any atom is 0.257 e. The maximum atomic E-state index is 12.3. The molecule has 1 atom stereocenters. The van der Waals surface area contributed by atoms with E-state index >= 15 is 0 Å². The van der Waals surface area contributed by atoms with Gasteiger partial charge in [-0.25, -0.2) is 4.99 Å². The molecule has 5 nitrogen and oxygen atoms in total. The van der Waals surface area contributed by atoms with E-state index in [1.54, 1.807) is 24.3 Å². The lowest BCUT2D eigenvalue weighted by molar-refractivity contribution is -0.120. The fraction of sp³-hybridized carbons (Fsp3) is 0.118. The summed E-state index contributed by atoms with van der Waals surface area (Å²) in [6.45, 7) is 0. The van der Waals surface area contributed by atoms with Crippen LogP contribution in [0.25, 0.3) is 0 Å². The second-order valence-corrected chi connectivity index (χ2v) is 7.09. The summed E-state index contributed by atoms with van der Waals surface area (Å²) in [6.07, 6.45) is 0.249. The summed E-state index contributed by atoms with van der Waals surface area (Å²) < 4.78 is 1.84. The summed E-state index contributed by atoms with van der Waals surface area (Å²) in [5.74, 6) is -0.325. The van der Waals surface area contributed by atoms with Gasteiger partial charge in [0.05, 0.1) is 12.5 Å². The molecule has 0 bridgehead atoms. The molecule has 0 unspecified atom stereocenters. The number of rotatable bonds is 2. The third-order valence-electron chi connectivity index (χ3n) is 3.51. The van der Waals surface area contributed by atoms with Gasteiger partial charge in [-0.2, -0.15) is 0 Å². The van der Waals surface area contributed by atoms with Crippen LogP contribution in [0.3, 0.4) is 0 Å². The van der Waals surface area contributed by atoms with Gasteiger partial charge in [0, 0.05) is 14.5 Å². The number of nitrogens with zero attached hydrogens (tertiary/aromatic N) is 1. The molecule has 0 spiro atoms. The van der Waals surface area contributed by atoms with Gasteiger partial charge in [-0.3, -0.25) is 20.2 Å². The summed E-state index contributed by atoms with van der Waals surface area (Å²) in [6, 6.07) is 14.2. The van der Waals surface area contributed by atoms with E-state index in [2.05, 4.69) is 47.5 Å². The van der Waals surface area contributed by atoms with E-state index < -0.39 is 0 Å². The number of hydrogen-bond donors (Lipinski definition) is 2. The first-order valence-electron chi connectivity index (χ1n) is 7.21. The minimum Gasteiger partial charge on any atom is -0.296 e. The van der Waals surface area contributed by atoms with E-state index in [9.17, 15) is 9.59 Å². The van der Waals surface area contributed by atoms with Crippen LogP contribution in [0.5, 0.6) is 0 Å². The summed E-state index contributed by atoms with van der Waals surface area (Å²) >= 11 is 6.71. The lowest BCUT2D eigenvalue weighted by atomic mass is 10.0. The summed E-state index contributed by atoms with van der Waals surface area (Å²) in [5.41, 5.74) is 1.41. The zero-order valence-corrected chi connectivity index (χ0v) is 15.6. The van der Waals surface area contributed by atoms with Gasteiger partial charge in [-0.15, -0.1) is 0 Å². The molecule has 2 N–H and O–H groups in total. The van der Waals surface area contributed by atoms with Gasteiger partial charge < -0.3 is 0 Å². The van der Waals surface area contributed by atoms with Gasteiger partial charge in [0.1, 0.15) is 0 Å². The highest BCUT2D eigenvalue weighted by Crippen LogP contribution is 2.25. The lowest BCUT2D eigenvalue weighted by Gasteiger charge is -2.21. The molecule has 3 rings (SSSR count). The summed E-state index contributed by atoms with van der Waals surface area (Å²) in [7, 11) is 0. The Morgan fingerprint density at radius 2 is 1.62 bits per heavy atom. The largest absolute Gasteiger partial charge is 0.296 e. The molecule has 7 heteroatoms. The molecular weight excluding hydrogens is 438 g/mol. The topological polar surface area (TPSA) is 70.6 Å². The van der Waals surface area contributed by atoms with Crippen molar-refractivity contribution in [3.8, 4) is 0 Å². The van der Waals surface area contributed by atoms with Crippen molar-refractivity contribution in [2.75, 3.05) is 0 Å². The van der Waals surface area contributed by atoms with Crippen molar-refractivity contribution in [1.82, 2.24) is 10.6 Å². The Morgan fingerprint density at radius 3 is 2.25 bits per heavy atom. The predicted molar refractivity (Wildman–Crippen MR) is 98.7 cm³/mol. The van der Waals surface area contributed by atoms with Crippen LogP contribution >= 0.6 is 31.9 Å². The Kier molecular flexibility index (Phi) is 5.11. The second kappa shape index (κ2) is 7.27. The third kappa shape index (κ3) is 4.10. The SMILES string of the molecule is O=C1C[C@@H](c2ccc(Br)cc2)N=C(NC(=O)c2ccc(Br)cc2)N1. The third-order valence-corrected chi connectivity index (χ3v) is 4.57. The normalized spacial score (nSPS) is 17.0. The molecule has 1 aliphatic heterocycles. The number of guanidine groups is 1. The van der Waals surface area contributed by atoms with Gasteiger partial charge in [-0.05, 0) is 42.0 Å². The Hall–Kier alpha value is -1.99. The van der Waals surface area contributed by atoms with Crippen LogP contribution in [0.15, 0.2) is 62.5 Å². The second-order valence-electron chi connectivity index (χ2n) is 5.26. The highest BCUT2D eigenvalue weighted by Gasteiger charge is 2.23. The number of carbonyl (C=O) groups is 2. The van der Waals surface area contributed by atoms with Crippen LogP contribution in [-0.4, -0.2) is 17.8 Å². The molecule has 1 aliphatic rings. The van der Waals surface area contributed by atoms with E-state index in [0.717, 1.165) is 14.5 Å². The number of amides is 2. The number of nitrogens with one attached hydrogen (secondary N) is 2. The average molecular weight is 451 g/mol. The van der Waals surface area contributed by atoms with Gasteiger partial charge in [0.2, 0.25) is 11.9 Å². The summed E-state index contributed by atoms with van der Waals surface area (Å²) in [5, 5.41) is 5.25. The van der Waals surface area contributed by atoms with Gasteiger partial charge in [0.15, 0.2) is 0 Å². The van der Waals surface area contributed by atoms with E-state index in [1.165, 1.54) is 0 Å². The van der Waals surface area contributed by atoms with Crippen molar-refractivity contribution in [2.45, 2.75) is 12.5 Å². The highest BCUT2D eigenvalue weighted by molar-refractivity contribution is 9.10. The number of halogens is 2. The Morgan fingerprint density at radius 1 is 1.04 bits per heavy atom. The van der Waals surface area contributed by atoms with Gasteiger partial charge >= 0.3 is 0 Å². The van der Waals surface area contributed by atoms with Crippen LogP contribution < -0.4 is 10.6 Å². The summed E-state index contributed by atoms with van der Waals surface area (Å²) in [4.78, 5) is 28.6. The molecule has 0 fully saturated rings. The lowest BCUT2D eigenvalue weighted by Crippen LogP contribution is -2.47. The van der Waals surface area contributed by atoms with Crippen LogP contribution in [0.2, 0.25) is 0 Å². The fourth-order valence-electron chi connectivity index (χ4n) is 2.31. The van der Waals surface area contributed by atoms with Crippen LogP contribution in [-0.2, 0) is 4.79 Å². The smallest absolute Gasteiger partial charge is 0.257 e. The number of hydrogen-bond acceptors (Lipinski definition) is 3. The monoisotopic (exact) mass is 449 g/mol. The first-order chi connectivity index (χ1) is 11.5. The minimum atomic E-state index is -0.321. The van der Waals surface area contributed by atoms with Crippen molar-refractivity contribution < 1.29 is 9.59 Å². The van der Waals surface area contributed by atoms with Gasteiger partial charge in [0.25, 0.3) is 5.91 Å². The van der Waals surface area contributed by atoms with Crippen molar-refractivity contribution >= 4 is 49.6 Å². The predicted octanol–water partition coefficient (Wildman–Crippen LogP) is 3.56. The Bertz CT molecular complexity index is 802. The van der Waals surface area contributed by atoms with Crippen molar-refractivity contribution in [3.05, 3.63) is 68.6 Å². The van der Waals surface area contributed by atoms with E-state index in [4.69, 9.17) is 0 Å². The molecule has 0 radical (unpaired) electrons. The standard InChI is InChI=1S/C17H13Br2N3O2/c18-12-5-1-10(2-6-12)14-9-15(23)21-17(20-14)22-16(24)11-3-7-13(19)8-4-11/h1-8,14H,9H2,(H2,20,21,22,23,24)/t14-/m0/s1. The zero-order chi connectivity index (χ0) is 17.1. The molecule has 2 aromatic carbocycles. The molecular formula is C17H13Br2N3O2. The van der Waals surface area contributed by atoms with Crippen LogP contribution in [0.1, 0.15) is 28.4 Å².